The summed E-state index contributed by atoms with van der Waals surface area (Å²) < 4.78 is 5.38. The van der Waals surface area contributed by atoms with E-state index < -0.39 is 11.6 Å². The molecule has 1 rings (SSSR count). The van der Waals surface area contributed by atoms with Crippen LogP contribution in [0.3, 0.4) is 0 Å². The molecule has 2 atom stereocenters. The summed E-state index contributed by atoms with van der Waals surface area (Å²) in [5, 5.41) is 0. The number of likely N-dealkylation sites (tertiary alicyclic amines) is 1. The van der Waals surface area contributed by atoms with E-state index in [1.165, 1.54) is 0 Å². The van der Waals surface area contributed by atoms with Crippen LogP contribution in [0.5, 0.6) is 0 Å². The molecule has 0 bridgehead atoms. The number of hydrogen-bond donors (Lipinski definition) is 0. The second kappa shape index (κ2) is 6.59. The van der Waals surface area contributed by atoms with Gasteiger partial charge in [-0.25, -0.2) is 4.79 Å². The van der Waals surface area contributed by atoms with E-state index in [9.17, 15) is 9.59 Å². The summed E-state index contributed by atoms with van der Waals surface area (Å²) in [7, 11) is 0. The third-order valence-electron chi connectivity index (χ3n) is 3.95. The zero-order valence-corrected chi connectivity index (χ0v) is 13.7. The number of hydrogen-bond acceptors (Lipinski definition) is 3. The lowest BCUT2D eigenvalue weighted by Gasteiger charge is -2.29. The largest absolute Gasteiger partial charge is 0.458 e. The first kappa shape index (κ1) is 17.0. The fraction of sp³-hybridized carbons (Fsp3) is 0.875. The Kier molecular flexibility index (Phi) is 5.60. The third-order valence-corrected chi connectivity index (χ3v) is 3.95. The van der Waals surface area contributed by atoms with Crippen LogP contribution in [0.25, 0.3) is 0 Å². The molecule has 0 aliphatic carbocycles. The molecule has 20 heavy (non-hydrogen) atoms. The quantitative estimate of drug-likeness (QED) is 0.748. The predicted octanol–water partition coefficient (Wildman–Crippen LogP) is 3.00. The molecule has 1 aliphatic heterocycles. The molecule has 0 spiro atoms. The molecule has 1 amide bonds. The Bertz CT molecular complexity index is 357. The first-order valence-corrected chi connectivity index (χ1v) is 7.64. The van der Waals surface area contributed by atoms with Crippen LogP contribution < -0.4 is 0 Å². The van der Waals surface area contributed by atoms with Crippen LogP contribution in [0.1, 0.15) is 60.8 Å². The standard InChI is InChI=1S/C16H29NO3/c1-11(2)13-7-8-14(18)17(10-9-13)12(3)15(19)20-16(4,5)6/h11-13H,7-10H2,1-6H3. The number of nitrogens with zero attached hydrogens (tertiary/aromatic N) is 1. The summed E-state index contributed by atoms with van der Waals surface area (Å²) in [4.78, 5) is 26.0. The van der Waals surface area contributed by atoms with Gasteiger partial charge in [0.25, 0.3) is 0 Å². The van der Waals surface area contributed by atoms with Crippen molar-refractivity contribution in [3.8, 4) is 0 Å². The molecule has 0 N–H and O–H groups in total. The number of rotatable bonds is 3. The van der Waals surface area contributed by atoms with Crippen molar-refractivity contribution in [2.24, 2.45) is 11.8 Å². The van der Waals surface area contributed by atoms with Gasteiger partial charge in [0, 0.05) is 13.0 Å². The molecule has 4 nitrogen and oxygen atoms in total. The summed E-state index contributed by atoms with van der Waals surface area (Å²) in [6, 6.07) is -0.493. The molecular weight excluding hydrogens is 254 g/mol. The Balaban J connectivity index is 2.69. The fourth-order valence-electron chi connectivity index (χ4n) is 2.62. The fourth-order valence-corrected chi connectivity index (χ4v) is 2.62. The smallest absolute Gasteiger partial charge is 0.329 e. The van der Waals surface area contributed by atoms with Crippen LogP contribution in [0.15, 0.2) is 0 Å². The van der Waals surface area contributed by atoms with Gasteiger partial charge >= 0.3 is 5.97 Å². The normalized spacial score (nSPS) is 22.6. The van der Waals surface area contributed by atoms with Gasteiger partial charge in [-0.05, 0) is 52.4 Å². The minimum absolute atomic E-state index is 0.0755. The highest BCUT2D eigenvalue weighted by atomic mass is 16.6. The Labute approximate surface area is 122 Å². The van der Waals surface area contributed by atoms with Crippen LogP contribution in [-0.4, -0.2) is 35.0 Å². The van der Waals surface area contributed by atoms with E-state index in [2.05, 4.69) is 13.8 Å². The number of carbonyl (C=O) groups excluding carboxylic acids is 2. The number of esters is 1. The zero-order valence-electron chi connectivity index (χ0n) is 13.7. The molecule has 4 heteroatoms. The van der Waals surface area contributed by atoms with E-state index in [0.29, 0.717) is 24.8 Å². The highest BCUT2D eigenvalue weighted by Crippen LogP contribution is 2.26. The average Bonchev–Trinajstić information content (AvgIpc) is 2.48. The minimum Gasteiger partial charge on any atom is -0.458 e. The molecule has 0 aromatic heterocycles. The average molecular weight is 283 g/mol. The monoisotopic (exact) mass is 283 g/mol. The van der Waals surface area contributed by atoms with Gasteiger partial charge in [0.2, 0.25) is 5.91 Å². The summed E-state index contributed by atoms with van der Waals surface area (Å²) in [6.07, 6.45) is 2.43. The van der Waals surface area contributed by atoms with Crippen molar-refractivity contribution >= 4 is 11.9 Å². The Morgan fingerprint density at radius 1 is 1.25 bits per heavy atom. The third kappa shape index (κ3) is 4.80. The van der Waals surface area contributed by atoms with E-state index in [0.717, 1.165) is 12.8 Å². The van der Waals surface area contributed by atoms with Crippen molar-refractivity contribution in [2.75, 3.05) is 6.54 Å². The molecule has 0 aromatic carbocycles. The molecule has 2 unspecified atom stereocenters. The number of carbonyl (C=O) groups is 2. The summed E-state index contributed by atoms with van der Waals surface area (Å²) in [5.74, 6) is 0.912. The molecule has 0 radical (unpaired) electrons. The molecular formula is C16H29NO3. The van der Waals surface area contributed by atoms with Crippen LogP contribution in [-0.2, 0) is 14.3 Å². The van der Waals surface area contributed by atoms with Crippen molar-refractivity contribution in [3.63, 3.8) is 0 Å². The topological polar surface area (TPSA) is 46.6 Å². The highest BCUT2D eigenvalue weighted by molar-refractivity contribution is 5.84. The summed E-state index contributed by atoms with van der Waals surface area (Å²) >= 11 is 0. The minimum atomic E-state index is -0.513. The highest BCUT2D eigenvalue weighted by Gasteiger charge is 2.32. The molecule has 1 fully saturated rings. The lowest BCUT2D eigenvalue weighted by atomic mass is 9.89. The van der Waals surface area contributed by atoms with E-state index in [1.54, 1.807) is 11.8 Å². The van der Waals surface area contributed by atoms with Crippen LogP contribution in [0.4, 0.5) is 0 Å². The van der Waals surface area contributed by atoms with Gasteiger partial charge in [0.05, 0.1) is 0 Å². The first-order chi connectivity index (χ1) is 9.11. The van der Waals surface area contributed by atoms with Gasteiger partial charge in [-0.1, -0.05) is 13.8 Å². The molecule has 0 saturated carbocycles. The molecule has 1 saturated heterocycles. The SMILES string of the molecule is CC(C)C1CCC(=O)N(C(C)C(=O)OC(C)(C)C)CC1. The van der Waals surface area contributed by atoms with Crippen molar-refractivity contribution in [2.45, 2.75) is 72.4 Å². The Morgan fingerprint density at radius 2 is 1.85 bits per heavy atom. The first-order valence-electron chi connectivity index (χ1n) is 7.64. The van der Waals surface area contributed by atoms with Crippen molar-refractivity contribution in [1.29, 1.82) is 0 Å². The maximum atomic E-state index is 12.2. The summed E-state index contributed by atoms with van der Waals surface area (Å²) in [5.41, 5.74) is -0.513. The lowest BCUT2D eigenvalue weighted by molar-refractivity contribution is -0.163. The van der Waals surface area contributed by atoms with Gasteiger partial charge in [0.1, 0.15) is 11.6 Å². The maximum Gasteiger partial charge on any atom is 0.329 e. The van der Waals surface area contributed by atoms with Crippen molar-refractivity contribution in [3.05, 3.63) is 0 Å². The zero-order chi connectivity index (χ0) is 15.5. The molecule has 0 aromatic rings. The maximum absolute atomic E-state index is 12.2. The molecule has 1 aliphatic rings. The Morgan fingerprint density at radius 3 is 2.35 bits per heavy atom. The van der Waals surface area contributed by atoms with Gasteiger partial charge in [-0.2, -0.15) is 0 Å². The predicted molar refractivity (Wildman–Crippen MR) is 79.2 cm³/mol. The van der Waals surface area contributed by atoms with Gasteiger partial charge < -0.3 is 9.64 Å². The summed E-state index contributed by atoms with van der Waals surface area (Å²) in [6.45, 7) is 12.3. The molecule has 116 valence electrons. The van der Waals surface area contributed by atoms with E-state index >= 15 is 0 Å². The van der Waals surface area contributed by atoms with Crippen LogP contribution >= 0.6 is 0 Å². The second-order valence-corrected chi connectivity index (χ2v) is 7.13. The van der Waals surface area contributed by atoms with E-state index in [1.807, 2.05) is 20.8 Å². The van der Waals surface area contributed by atoms with Crippen molar-refractivity contribution < 1.29 is 14.3 Å². The van der Waals surface area contributed by atoms with E-state index in [4.69, 9.17) is 4.74 Å². The van der Waals surface area contributed by atoms with E-state index in [-0.39, 0.29) is 11.9 Å². The Hall–Kier alpha value is -1.06. The van der Waals surface area contributed by atoms with Crippen LogP contribution in [0, 0.1) is 11.8 Å². The van der Waals surface area contributed by atoms with Gasteiger partial charge in [-0.15, -0.1) is 0 Å². The second-order valence-electron chi connectivity index (χ2n) is 7.13. The van der Waals surface area contributed by atoms with Crippen LogP contribution in [0.2, 0.25) is 0 Å². The lowest BCUT2D eigenvalue weighted by Crippen LogP contribution is -2.45. The van der Waals surface area contributed by atoms with Gasteiger partial charge in [0.15, 0.2) is 0 Å². The van der Waals surface area contributed by atoms with Crippen molar-refractivity contribution in [1.82, 2.24) is 4.90 Å². The number of ether oxygens (including phenoxy) is 1. The number of amides is 1. The van der Waals surface area contributed by atoms with Gasteiger partial charge in [-0.3, -0.25) is 4.79 Å². The molecule has 1 heterocycles.